The van der Waals surface area contributed by atoms with Crippen LogP contribution in [0.25, 0.3) is 11.0 Å². The molecule has 0 radical (unpaired) electrons. The molecule has 2 aromatic heterocycles. The second-order valence-corrected chi connectivity index (χ2v) is 4.62. The van der Waals surface area contributed by atoms with Crippen molar-refractivity contribution in [2.45, 2.75) is 19.4 Å². The second-order valence-electron chi connectivity index (χ2n) is 4.62. The Kier molecular flexibility index (Phi) is 2.15. The molecule has 0 bridgehead atoms. The number of hydrogen-bond acceptors (Lipinski definition) is 4. The molecule has 1 aliphatic heterocycles. The van der Waals surface area contributed by atoms with Gasteiger partial charge in [-0.1, -0.05) is 6.92 Å². The van der Waals surface area contributed by atoms with Gasteiger partial charge in [0.05, 0.1) is 6.76 Å². The van der Waals surface area contributed by atoms with Crippen molar-refractivity contribution in [3.63, 3.8) is 0 Å². The quantitative estimate of drug-likeness (QED) is 0.843. The molecule has 18 heavy (non-hydrogen) atoms. The standard InChI is InChI=1S/C13H19N5/c1-9-3-5-14-7-11(9)18(2)13-10-4-6-15-12(10)16-8-17-13/h4,6,8-9,11,14H,3,5,7H2,1-2H3,(H,15,16,17)/t9-,11-/m0/s1/i7D2,11D. The van der Waals surface area contributed by atoms with E-state index in [2.05, 4.69) is 20.3 Å². The maximum atomic E-state index is 8.82. The third-order valence-electron chi connectivity index (χ3n) is 3.40. The maximum Gasteiger partial charge on any atom is 0.142 e. The normalized spacial score (nSPS) is 33.7. The summed E-state index contributed by atoms with van der Waals surface area (Å²) >= 11 is 0. The van der Waals surface area contributed by atoms with Gasteiger partial charge in [-0.2, -0.15) is 0 Å². The summed E-state index contributed by atoms with van der Waals surface area (Å²) in [6.45, 7) is 0.663. The Balaban J connectivity index is 2.11. The van der Waals surface area contributed by atoms with Gasteiger partial charge < -0.3 is 15.2 Å². The van der Waals surface area contributed by atoms with Crippen molar-refractivity contribution >= 4 is 16.9 Å². The topological polar surface area (TPSA) is 56.8 Å². The highest BCUT2D eigenvalue weighted by Gasteiger charge is 2.26. The summed E-state index contributed by atoms with van der Waals surface area (Å²) < 4.78 is 25.3. The summed E-state index contributed by atoms with van der Waals surface area (Å²) in [4.78, 5) is 13.1. The molecule has 0 aromatic carbocycles. The Morgan fingerprint density at radius 3 is 3.28 bits per heavy atom. The van der Waals surface area contributed by atoms with E-state index in [4.69, 9.17) is 4.11 Å². The van der Waals surface area contributed by atoms with Gasteiger partial charge in [0.25, 0.3) is 0 Å². The summed E-state index contributed by atoms with van der Waals surface area (Å²) in [6, 6.07) is 0.408. The van der Waals surface area contributed by atoms with E-state index in [9.17, 15) is 0 Å². The van der Waals surface area contributed by atoms with Crippen LogP contribution in [0.5, 0.6) is 0 Å². The van der Waals surface area contributed by atoms with Crippen molar-refractivity contribution < 1.29 is 4.11 Å². The molecule has 0 saturated carbocycles. The lowest BCUT2D eigenvalue weighted by molar-refractivity contribution is 0.338. The van der Waals surface area contributed by atoms with E-state index in [0.29, 0.717) is 18.0 Å². The molecule has 96 valence electrons. The molecule has 0 amide bonds. The van der Waals surface area contributed by atoms with Crippen LogP contribution < -0.4 is 10.2 Å². The van der Waals surface area contributed by atoms with Crippen LogP contribution in [0, 0.1) is 5.92 Å². The number of rotatable bonds is 2. The predicted octanol–water partition coefficient (Wildman–Crippen LogP) is 1.39. The zero-order valence-corrected chi connectivity index (χ0v) is 10.6. The van der Waals surface area contributed by atoms with Crippen molar-refractivity contribution in [2.24, 2.45) is 5.92 Å². The average molecular weight is 248 g/mol. The summed E-state index contributed by atoms with van der Waals surface area (Å²) in [5, 5.41) is 3.62. The molecule has 2 aromatic rings. The van der Waals surface area contributed by atoms with Crippen LogP contribution in [-0.2, 0) is 0 Å². The molecule has 1 saturated heterocycles. The molecule has 3 rings (SSSR count). The number of likely N-dealkylation sites (N-methyl/N-ethyl adjacent to an activating group) is 1. The first kappa shape index (κ1) is 8.48. The minimum atomic E-state index is -1.83. The average Bonchev–Trinajstić information content (AvgIpc) is 2.92. The van der Waals surface area contributed by atoms with E-state index in [0.717, 1.165) is 11.8 Å². The highest BCUT2D eigenvalue weighted by molar-refractivity contribution is 5.87. The van der Waals surface area contributed by atoms with E-state index in [1.165, 1.54) is 6.33 Å². The number of H-pyrrole nitrogens is 1. The van der Waals surface area contributed by atoms with Crippen molar-refractivity contribution in [3.8, 4) is 0 Å². The van der Waals surface area contributed by atoms with Gasteiger partial charge in [0.15, 0.2) is 0 Å². The van der Waals surface area contributed by atoms with Gasteiger partial charge in [-0.05, 0) is 24.9 Å². The molecule has 1 aliphatic rings. The van der Waals surface area contributed by atoms with Crippen LogP contribution in [0.2, 0.25) is 0 Å². The largest absolute Gasteiger partial charge is 0.354 e. The lowest BCUT2D eigenvalue weighted by Crippen LogP contribution is -2.49. The van der Waals surface area contributed by atoms with Crippen molar-refractivity contribution in [1.29, 1.82) is 0 Å². The number of fused-ring (bicyclic) bond motifs is 1. The molecule has 1 fully saturated rings. The first-order valence-electron chi connectivity index (χ1n) is 7.65. The van der Waals surface area contributed by atoms with Gasteiger partial charge in [0.2, 0.25) is 0 Å². The Labute approximate surface area is 111 Å². The van der Waals surface area contributed by atoms with Crippen LogP contribution in [-0.4, -0.2) is 41.1 Å². The Morgan fingerprint density at radius 2 is 2.44 bits per heavy atom. The highest BCUT2D eigenvalue weighted by atomic mass is 15.2. The molecule has 2 N–H and O–H groups in total. The summed E-state index contributed by atoms with van der Waals surface area (Å²) in [6.07, 6.45) is 3.95. The molecular formula is C13H19N5. The van der Waals surface area contributed by atoms with Crippen molar-refractivity contribution in [1.82, 2.24) is 20.3 Å². The van der Waals surface area contributed by atoms with E-state index in [-0.39, 0.29) is 5.92 Å². The third-order valence-corrected chi connectivity index (χ3v) is 3.40. The zero-order chi connectivity index (χ0) is 15.3. The van der Waals surface area contributed by atoms with Crippen LogP contribution in [0.3, 0.4) is 0 Å². The van der Waals surface area contributed by atoms with E-state index in [1.54, 1.807) is 18.1 Å². The molecule has 0 unspecified atom stereocenters. The fraction of sp³-hybridized carbons (Fsp3) is 0.538. The van der Waals surface area contributed by atoms with Crippen molar-refractivity contribution in [2.75, 3.05) is 25.0 Å². The number of nitrogens with zero attached hydrogens (tertiary/aromatic N) is 3. The van der Waals surface area contributed by atoms with Gasteiger partial charge in [-0.3, -0.25) is 0 Å². The van der Waals surface area contributed by atoms with E-state index in [1.807, 2.05) is 13.0 Å². The smallest absolute Gasteiger partial charge is 0.142 e. The molecule has 2 atom stereocenters. The Bertz CT molecular complexity index is 658. The van der Waals surface area contributed by atoms with Gasteiger partial charge in [-0.15, -0.1) is 0 Å². The highest BCUT2D eigenvalue weighted by Crippen LogP contribution is 2.26. The summed E-state index contributed by atoms with van der Waals surface area (Å²) in [7, 11) is 1.73. The number of piperidine rings is 1. The van der Waals surface area contributed by atoms with Crippen molar-refractivity contribution in [3.05, 3.63) is 18.6 Å². The monoisotopic (exact) mass is 248 g/mol. The van der Waals surface area contributed by atoms with Gasteiger partial charge in [-0.25, -0.2) is 9.97 Å². The SMILES string of the molecule is [2H]C1([2H])NCC[C@H](C)[C@@]1([2H])N(C)c1ncnc2[nH]ccc12. The van der Waals surface area contributed by atoms with E-state index >= 15 is 0 Å². The lowest BCUT2D eigenvalue weighted by atomic mass is 9.93. The number of anilines is 1. The van der Waals surface area contributed by atoms with Crippen LogP contribution in [0.4, 0.5) is 5.82 Å². The first-order valence-corrected chi connectivity index (χ1v) is 6.15. The summed E-state index contributed by atoms with van der Waals surface area (Å²) in [5.74, 6) is 0.429. The zero-order valence-electron chi connectivity index (χ0n) is 13.6. The summed E-state index contributed by atoms with van der Waals surface area (Å²) in [5.41, 5.74) is 0.687. The van der Waals surface area contributed by atoms with E-state index < -0.39 is 12.5 Å². The Morgan fingerprint density at radius 1 is 1.56 bits per heavy atom. The fourth-order valence-electron chi connectivity index (χ4n) is 2.36. The predicted molar refractivity (Wildman–Crippen MR) is 72.7 cm³/mol. The Hall–Kier alpha value is -1.62. The number of aromatic nitrogens is 3. The molecule has 0 aliphatic carbocycles. The third kappa shape index (κ3) is 1.84. The van der Waals surface area contributed by atoms with Gasteiger partial charge in [0.1, 0.15) is 17.8 Å². The second kappa shape index (κ2) is 4.57. The van der Waals surface area contributed by atoms with Gasteiger partial charge >= 0.3 is 0 Å². The van der Waals surface area contributed by atoms with Crippen LogP contribution >= 0.6 is 0 Å². The van der Waals surface area contributed by atoms with Crippen LogP contribution in [0.15, 0.2) is 18.6 Å². The maximum absolute atomic E-state index is 8.82. The minimum Gasteiger partial charge on any atom is -0.354 e. The molecular weight excluding hydrogens is 226 g/mol. The minimum absolute atomic E-state index is 0.136. The molecule has 5 nitrogen and oxygen atoms in total. The van der Waals surface area contributed by atoms with Crippen LogP contribution in [0.1, 0.15) is 17.5 Å². The first-order chi connectivity index (χ1) is 9.88. The number of nitrogens with one attached hydrogen (secondary N) is 2. The fourth-order valence-corrected chi connectivity index (χ4v) is 2.36. The number of aromatic amines is 1. The molecule has 0 spiro atoms. The lowest BCUT2D eigenvalue weighted by Gasteiger charge is -2.37. The number of hydrogen-bond donors (Lipinski definition) is 2. The molecule has 5 heteroatoms. The molecule has 3 heterocycles. The van der Waals surface area contributed by atoms with Gasteiger partial charge in [0, 0.05) is 28.5 Å².